The molecule has 9 heteroatoms. The number of nitrogens with two attached hydrogens (primary N) is 1. The van der Waals surface area contributed by atoms with Crippen molar-refractivity contribution in [3.63, 3.8) is 0 Å². The minimum atomic E-state index is -0.423. The van der Waals surface area contributed by atoms with Gasteiger partial charge in [-0.2, -0.15) is 4.98 Å². The first-order valence-corrected chi connectivity index (χ1v) is 11.3. The summed E-state index contributed by atoms with van der Waals surface area (Å²) in [7, 11) is 0. The Morgan fingerprint density at radius 2 is 1.81 bits per heavy atom. The number of nitrogens with one attached hydrogen (secondary N) is 2. The van der Waals surface area contributed by atoms with E-state index in [1.807, 2.05) is 12.1 Å². The molecule has 0 atom stereocenters. The van der Waals surface area contributed by atoms with Crippen LogP contribution < -0.4 is 22.1 Å². The van der Waals surface area contributed by atoms with Crippen LogP contribution in [0.15, 0.2) is 41.3 Å². The average Bonchev–Trinajstić information content (AvgIpc) is 2.82. The summed E-state index contributed by atoms with van der Waals surface area (Å²) in [6.45, 7) is 8.83. The molecule has 172 valence electrons. The number of anilines is 1. The normalized spacial score (nSPS) is 19.0. The van der Waals surface area contributed by atoms with Crippen molar-refractivity contribution in [2.24, 2.45) is 11.1 Å². The molecule has 2 amide bonds. The van der Waals surface area contributed by atoms with E-state index in [0.29, 0.717) is 13.1 Å². The summed E-state index contributed by atoms with van der Waals surface area (Å²) in [5, 5.41) is 5.92. The van der Waals surface area contributed by atoms with Gasteiger partial charge >= 0.3 is 11.7 Å². The first kappa shape index (κ1) is 22.4. The molecule has 9 nitrogen and oxygen atoms in total. The molecule has 4 N–H and O–H groups in total. The number of carbonyl (C=O) groups is 1. The van der Waals surface area contributed by atoms with E-state index in [-0.39, 0.29) is 17.3 Å². The van der Waals surface area contributed by atoms with Gasteiger partial charge in [0.05, 0.1) is 5.69 Å². The van der Waals surface area contributed by atoms with Crippen molar-refractivity contribution in [2.75, 3.05) is 51.1 Å². The number of nitrogens with zero attached hydrogens (tertiary/aromatic N) is 4. The molecule has 4 rings (SSSR count). The summed E-state index contributed by atoms with van der Waals surface area (Å²) < 4.78 is 1.48. The van der Waals surface area contributed by atoms with E-state index < -0.39 is 5.69 Å². The van der Waals surface area contributed by atoms with Gasteiger partial charge in [-0.25, -0.2) is 9.59 Å². The molecule has 3 heterocycles. The van der Waals surface area contributed by atoms with Crippen molar-refractivity contribution in [1.29, 1.82) is 0 Å². The van der Waals surface area contributed by atoms with E-state index in [1.54, 1.807) is 17.2 Å². The number of benzene rings is 1. The molecule has 0 radical (unpaired) electrons. The molecule has 2 fully saturated rings. The van der Waals surface area contributed by atoms with E-state index >= 15 is 0 Å². The molecule has 0 spiro atoms. The lowest BCUT2D eigenvalue weighted by molar-refractivity contribution is 0.119. The summed E-state index contributed by atoms with van der Waals surface area (Å²) in [6, 6.07) is 9.40. The van der Waals surface area contributed by atoms with Crippen molar-refractivity contribution < 1.29 is 4.79 Å². The van der Waals surface area contributed by atoms with E-state index in [0.717, 1.165) is 57.8 Å². The van der Waals surface area contributed by atoms with Crippen LogP contribution >= 0.6 is 0 Å². The van der Waals surface area contributed by atoms with Crippen LogP contribution in [0.4, 0.5) is 10.6 Å². The molecule has 2 aliphatic rings. The second-order valence-corrected chi connectivity index (χ2v) is 9.09. The highest BCUT2D eigenvalue weighted by Crippen LogP contribution is 2.30. The number of amides is 2. The minimum absolute atomic E-state index is 0.231. The fourth-order valence-corrected chi connectivity index (χ4v) is 4.20. The van der Waals surface area contributed by atoms with Gasteiger partial charge in [0.15, 0.2) is 0 Å². The third-order valence-corrected chi connectivity index (χ3v) is 6.62. The molecule has 0 bridgehead atoms. The molecule has 1 aromatic heterocycles. The summed E-state index contributed by atoms with van der Waals surface area (Å²) in [5.41, 5.74) is 7.72. The number of likely N-dealkylation sites (tertiary alicyclic amines) is 1. The van der Waals surface area contributed by atoms with Gasteiger partial charge in [-0.3, -0.25) is 14.8 Å². The minimum Gasteiger partial charge on any atom is -0.330 e. The molecule has 0 aliphatic carbocycles. The van der Waals surface area contributed by atoms with Crippen LogP contribution in [0.2, 0.25) is 0 Å². The van der Waals surface area contributed by atoms with Crippen LogP contribution in [-0.4, -0.2) is 71.2 Å². The molecule has 0 saturated carbocycles. The lowest BCUT2D eigenvalue weighted by Crippen LogP contribution is -2.48. The van der Waals surface area contributed by atoms with Gasteiger partial charge < -0.3 is 16.0 Å². The quantitative estimate of drug-likeness (QED) is 0.647. The summed E-state index contributed by atoms with van der Waals surface area (Å²) in [6.07, 6.45) is 3.90. The maximum atomic E-state index is 12.5. The molecular weight excluding hydrogens is 406 g/mol. The van der Waals surface area contributed by atoms with Gasteiger partial charge in [0.25, 0.3) is 0 Å². The second kappa shape index (κ2) is 9.81. The molecule has 2 saturated heterocycles. The Morgan fingerprint density at radius 3 is 2.44 bits per heavy atom. The van der Waals surface area contributed by atoms with Gasteiger partial charge in [0.2, 0.25) is 0 Å². The Labute approximate surface area is 188 Å². The second-order valence-electron chi connectivity index (χ2n) is 9.09. The Balaban J connectivity index is 1.36. The van der Waals surface area contributed by atoms with Crippen molar-refractivity contribution >= 4 is 11.8 Å². The van der Waals surface area contributed by atoms with Crippen molar-refractivity contribution in [1.82, 2.24) is 24.7 Å². The lowest BCUT2D eigenvalue weighted by Gasteiger charge is -2.38. The number of carbonyl (C=O) groups excluding carboxylic acids is 1. The SMILES string of the molecule is CC1(CN)CCN(Cc2ccc(-n3ccc(NC(=O)N4CCNCC4)nc3=O)cc2)CC1. The number of hydrogen-bond donors (Lipinski definition) is 3. The fraction of sp³-hybridized carbons (Fsp3) is 0.522. The smallest absolute Gasteiger partial charge is 0.330 e. The maximum absolute atomic E-state index is 12.5. The van der Waals surface area contributed by atoms with Crippen molar-refractivity contribution in [3.05, 3.63) is 52.6 Å². The monoisotopic (exact) mass is 439 g/mol. The first-order valence-electron chi connectivity index (χ1n) is 11.3. The van der Waals surface area contributed by atoms with Crippen LogP contribution in [0.1, 0.15) is 25.3 Å². The average molecular weight is 440 g/mol. The Hall–Kier alpha value is -2.75. The topological polar surface area (TPSA) is 109 Å². The third kappa shape index (κ3) is 5.35. The van der Waals surface area contributed by atoms with Gasteiger partial charge in [-0.1, -0.05) is 19.1 Å². The third-order valence-electron chi connectivity index (χ3n) is 6.62. The summed E-state index contributed by atoms with van der Waals surface area (Å²) in [4.78, 5) is 33.1. The number of piperidine rings is 1. The summed E-state index contributed by atoms with van der Waals surface area (Å²) in [5.74, 6) is 0.265. The zero-order valence-electron chi connectivity index (χ0n) is 18.7. The Bertz CT molecular complexity index is 975. The predicted molar refractivity (Wildman–Crippen MR) is 125 cm³/mol. The Morgan fingerprint density at radius 1 is 1.12 bits per heavy atom. The van der Waals surface area contributed by atoms with Gasteiger partial charge in [-0.15, -0.1) is 0 Å². The highest BCUT2D eigenvalue weighted by atomic mass is 16.2. The molecule has 2 aromatic rings. The number of rotatable bonds is 5. The Kier molecular flexibility index (Phi) is 6.88. The maximum Gasteiger partial charge on any atom is 0.354 e. The van der Waals surface area contributed by atoms with Crippen LogP contribution in [0.3, 0.4) is 0 Å². The number of piperazine rings is 1. The van der Waals surface area contributed by atoms with Gasteiger partial charge in [-0.05, 0) is 61.7 Å². The zero-order valence-corrected chi connectivity index (χ0v) is 18.7. The van der Waals surface area contributed by atoms with Crippen LogP contribution in [0, 0.1) is 5.41 Å². The number of hydrogen-bond acceptors (Lipinski definition) is 6. The zero-order chi connectivity index (χ0) is 22.6. The fourth-order valence-electron chi connectivity index (χ4n) is 4.20. The largest absolute Gasteiger partial charge is 0.354 e. The molecule has 1 aromatic carbocycles. The van der Waals surface area contributed by atoms with E-state index in [9.17, 15) is 9.59 Å². The highest BCUT2D eigenvalue weighted by Gasteiger charge is 2.28. The predicted octanol–water partition coefficient (Wildman–Crippen LogP) is 1.23. The van der Waals surface area contributed by atoms with E-state index in [2.05, 4.69) is 39.6 Å². The van der Waals surface area contributed by atoms with Crippen molar-refractivity contribution in [2.45, 2.75) is 26.3 Å². The molecule has 2 aliphatic heterocycles. The number of urea groups is 1. The van der Waals surface area contributed by atoms with Gasteiger partial charge in [0.1, 0.15) is 5.82 Å². The van der Waals surface area contributed by atoms with E-state index in [4.69, 9.17) is 5.73 Å². The first-order chi connectivity index (χ1) is 15.5. The molecule has 32 heavy (non-hydrogen) atoms. The van der Waals surface area contributed by atoms with Gasteiger partial charge in [0, 0.05) is 38.9 Å². The lowest BCUT2D eigenvalue weighted by atomic mass is 9.80. The van der Waals surface area contributed by atoms with Crippen LogP contribution in [-0.2, 0) is 6.54 Å². The van der Waals surface area contributed by atoms with E-state index in [1.165, 1.54) is 10.1 Å². The van der Waals surface area contributed by atoms with Crippen LogP contribution in [0.25, 0.3) is 5.69 Å². The summed E-state index contributed by atoms with van der Waals surface area (Å²) >= 11 is 0. The molecular formula is C23H33N7O2. The standard InChI is InChI=1S/C23H33N7O2/c1-23(17-24)7-12-28(13-8-23)16-18-2-4-19(5-3-18)30-11-6-20(27-22(30)32)26-21(31)29-14-9-25-10-15-29/h2-6,11,25H,7-10,12-17,24H2,1H3,(H,26,27,31,32). The van der Waals surface area contributed by atoms with Crippen LogP contribution in [0.5, 0.6) is 0 Å². The van der Waals surface area contributed by atoms with Crippen molar-refractivity contribution in [3.8, 4) is 5.69 Å². The highest BCUT2D eigenvalue weighted by molar-refractivity contribution is 5.88. The number of aromatic nitrogens is 2. The molecule has 0 unspecified atom stereocenters.